The van der Waals surface area contributed by atoms with Gasteiger partial charge in [-0.2, -0.15) is 5.10 Å². The molecule has 0 aliphatic carbocycles. The fourth-order valence-electron chi connectivity index (χ4n) is 1.26. The lowest BCUT2D eigenvalue weighted by Gasteiger charge is -2.24. The quantitative estimate of drug-likeness (QED) is 0.783. The van der Waals surface area contributed by atoms with Crippen molar-refractivity contribution >= 4 is 27.5 Å². The number of nitrogens with zero attached hydrogens (tertiary/aromatic N) is 1. The van der Waals surface area contributed by atoms with Gasteiger partial charge < -0.3 is 10.6 Å². The number of aromatic nitrogens is 2. The van der Waals surface area contributed by atoms with Crippen molar-refractivity contribution in [2.75, 3.05) is 5.32 Å². The van der Waals surface area contributed by atoms with Crippen molar-refractivity contribution in [1.29, 1.82) is 0 Å². The number of anilines is 1. The zero-order valence-electron chi connectivity index (χ0n) is 10.8. The van der Waals surface area contributed by atoms with E-state index in [0.717, 1.165) is 0 Å². The first-order valence-electron chi connectivity index (χ1n) is 5.52. The molecular formula is C11H17BrN4O2. The van der Waals surface area contributed by atoms with E-state index in [1.807, 2.05) is 20.8 Å². The van der Waals surface area contributed by atoms with Crippen LogP contribution in [0.4, 0.5) is 5.69 Å². The predicted octanol–water partition coefficient (Wildman–Crippen LogP) is 1.25. The molecule has 0 radical (unpaired) electrons. The lowest BCUT2D eigenvalue weighted by atomic mass is 10.1. The van der Waals surface area contributed by atoms with Gasteiger partial charge in [0, 0.05) is 5.54 Å². The fraction of sp³-hybridized carbons (Fsp3) is 0.545. The normalized spacial score (nSPS) is 12.9. The lowest BCUT2D eigenvalue weighted by molar-refractivity contribution is -0.122. The summed E-state index contributed by atoms with van der Waals surface area (Å²) in [5.41, 5.74) is -0.157. The number of hydrogen-bond acceptors (Lipinski definition) is 4. The summed E-state index contributed by atoms with van der Waals surface area (Å²) in [6.07, 6.45) is 1.45. The summed E-state index contributed by atoms with van der Waals surface area (Å²) in [7, 11) is 0. The van der Waals surface area contributed by atoms with E-state index in [1.165, 1.54) is 6.20 Å². The molecule has 0 aliphatic rings. The Bertz CT molecular complexity index is 493. The summed E-state index contributed by atoms with van der Waals surface area (Å²) in [5.74, 6) is -0.144. The summed E-state index contributed by atoms with van der Waals surface area (Å²) < 4.78 is 0.327. The maximum atomic E-state index is 11.9. The zero-order chi connectivity index (χ0) is 13.9. The van der Waals surface area contributed by atoms with Gasteiger partial charge in [0.25, 0.3) is 5.56 Å². The number of amides is 1. The number of rotatable bonds is 3. The van der Waals surface area contributed by atoms with Gasteiger partial charge >= 0.3 is 0 Å². The highest BCUT2D eigenvalue weighted by Gasteiger charge is 2.20. The van der Waals surface area contributed by atoms with Crippen LogP contribution in [0.1, 0.15) is 27.7 Å². The van der Waals surface area contributed by atoms with Gasteiger partial charge in [-0.05, 0) is 43.6 Å². The molecule has 0 fully saturated rings. The van der Waals surface area contributed by atoms with Gasteiger partial charge in [-0.25, -0.2) is 5.10 Å². The van der Waals surface area contributed by atoms with E-state index in [9.17, 15) is 9.59 Å². The Hall–Kier alpha value is -1.37. The summed E-state index contributed by atoms with van der Waals surface area (Å²) in [6.45, 7) is 7.43. The molecule has 1 aromatic rings. The molecule has 7 heteroatoms. The fourth-order valence-corrected chi connectivity index (χ4v) is 1.57. The average molecular weight is 317 g/mol. The van der Waals surface area contributed by atoms with Crippen molar-refractivity contribution in [3.8, 4) is 0 Å². The van der Waals surface area contributed by atoms with Crippen LogP contribution in [-0.2, 0) is 4.79 Å². The number of H-pyrrole nitrogens is 1. The van der Waals surface area contributed by atoms with Gasteiger partial charge in [-0.15, -0.1) is 0 Å². The van der Waals surface area contributed by atoms with E-state index in [1.54, 1.807) is 6.92 Å². The van der Waals surface area contributed by atoms with Gasteiger partial charge in [-0.3, -0.25) is 9.59 Å². The van der Waals surface area contributed by atoms with E-state index in [4.69, 9.17) is 0 Å². The van der Waals surface area contributed by atoms with Crippen LogP contribution in [0.5, 0.6) is 0 Å². The number of carbonyl (C=O) groups is 1. The third-order valence-electron chi connectivity index (χ3n) is 2.06. The van der Waals surface area contributed by atoms with Crippen molar-refractivity contribution in [3.05, 3.63) is 21.0 Å². The van der Waals surface area contributed by atoms with Crippen molar-refractivity contribution in [2.45, 2.75) is 39.3 Å². The van der Waals surface area contributed by atoms with Crippen LogP contribution in [0.15, 0.2) is 15.5 Å². The lowest BCUT2D eigenvalue weighted by Crippen LogP contribution is -2.47. The average Bonchev–Trinajstić information content (AvgIpc) is 2.22. The first kappa shape index (κ1) is 14.7. The second-order valence-electron chi connectivity index (χ2n) is 5.03. The van der Waals surface area contributed by atoms with Crippen LogP contribution >= 0.6 is 15.9 Å². The zero-order valence-corrected chi connectivity index (χ0v) is 12.4. The van der Waals surface area contributed by atoms with Gasteiger partial charge in [0.05, 0.1) is 11.9 Å². The molecule has 6 nitrogen and oxygen atoms in total. The third kappa shape index (κ3) is 4.14. The van der Waals surface area contributed by atoms with Crippen LogP contribution in [0.25, 0.3) is 0 Å². The Kier molecular flexibility index (Phi) is 4.50. The molecule has 0 aliphatic heterocycles. The molecule has 0 bridgehead atoms. The van der Waals surface area contributed by atoms with E-state index in [-0.39, 0.29) is 17.0 Å². The Morgan fingerprint density at radius 1 is 1.50 bits per heavy atom. The minimum atomic E-state index is -0.468. The molecule has 1 atom stereocenters. The van der Waals surface area contributed by atoms with Crippen molar-refractivity contribution < 1.29 is 4.79 Å². The number of carbonyl (C=O) groups excluding carboxylic acids is 1. The number of halogens is 1. The maximum Gasteiger partial charge on any atom is 0.280 e. The van der Waals surface area contributed by atoms with E-state index in [2.05, 4.69) is 36.8 Å². The highest BCUT2D eigenvalue weighted by atomic mass is 79.9. The van der Waals surface area contributed by atoms with Crippen LogP contribution in [0.2, 0.25) is 0 Å². The Labute approximate surface area is 114 Å². The van der Waals surface area contributed by atoms with E-state index in [0.29, 0.717) is 10.2 Å². The summed E-state index contributed by atoms with van der Waals surface area (Å²) in [6, 6.07) is -0.468. The van der Waals surface area contributed by atoms with E-state index < -0.39 is 6.04 Å². The summed E-state index contributed by atoms with van der Waals surface area (Å²) in [4.78, 5) is 23.2. The Morgan fingerprint density at radius 2 is 2.11 bits per heavy atom. The molecule has 0 aromatic carbocycles. The van der Waals surface area contributed by atoms with Gasteiger partial charge in [0.1, 0.15) is 10.5 Å². The maximum absolute atomic E-state index is 11.9. The monoisotopic (exact) mass is 316 g/mol. The van der Waals surface area contributed by atoms with Crippen LogP contribution in [-0.4, -0.2) is 27.7 Å². The topological polar surface area (TPSA) is 86.9 Å². The van der Waals surface area contributed by atoms with Crippen LogP contribution in [0.3, 0.4) is 0 Å². The smallest absolute Gasteiger partial charge is 0.280 e. The molecule has 1 aromatic heterocycles. The summed E-state index contributed by atoms with van der Waals surface area (Å²) >= 11 is 3.14. The Morgan fingerprint density at radius 3 is 2.67 bits per heavy atom. The molecule has 1 amide bonds. The van der Waals surface area contributed by atoms with Gasteiger partial charge in [0.15, 0.2) is 0 Å². The second-order valence-corrected chi connectivity index (χ2v) is 5.83. The van der Waals surface area contributed by atoms with Crippen molar-refractivity contribution in [1.82, 2.24) is 15.5 Å². The molecule has 1 heterocycles. The minimum Gasteiger partial charge on any atom is -0.372 e. The number of hydrogen-bond donors (Lipinski definition) is 3. The molecule has 100 valence electrons. The highest BCUT2D eigenvalue weighted by Crippen LogP contribution is 2.16. The largest absolute Gasteiger partial charge is 0.372 e. The van der Waals surface area contributed by atoms with Crippen molar-refractivity contribution in [3.63, 3.8) is 0 Å². The number of nitrogens with one attached hydrogen (secondary N) is 3. The van der Waals surface area contributed by atoms with E-state index >= 15 is 0 Å². The first-order valence-corrected chi connectivity index (χ1v) is 6.32. The molecule has 0 spiro atoms. The molecule has 1 rings (SSSR count). The van der Waals surface area contributed by atoms with Crippen LogP contribution < -0.4 is 16.2 Å². The molecule has 0 saturated heterocycles. The molecule has 1 unspecified atom stereocenters. The van der Waals surface area contributed by atoms with Crippen molar-refractivity contribution in [2.24, 2.45) is 0 Å². The SMILES string of the molecule is CC(Nc1cn[nH]c(=O)c1Br)C(=O)NC(C)(C)C. The molecule has 3 N–H and O–H groups in total. The molecule has 18 heavy (non-hydrogen) atoms. The minimum absolute atomic E-state index is 0.144. The molecular weight excluding hydrogens is 300 g/mol. The van der Waals surface area contributed by atoms with Gasteiger partial charge in [-0.1, -0.05) is 0 Å². The molecule has 0 saturated carbocycles. The highest BCUT2D eigenvalue weighted by molar-refractivity contribution is 9.10. The Balaban J connectivity index is 2.76. The number of aromatic amines is 1. The second kappa shape index (κ2) is 5.51. The summed E-state index contributed by atoms with van der Waals surface area (Å²) in [5, 5.41) is 11.7. The van der Waals surface area contributed by atoms with Gasteiger partial charge in [0.2, 0.25) is 5.91 Å². The third-order valence-corrected chi connectivity index (χ3v) is 2.85. The predicted molar refractivity (Wildman–Crippen MR) is 73.5 cm³/mol. The standard InChI is InChI=1S/C11H17BrN4O2/c1-6(9(17)15-11(2,3)4)14-7-5-13-16-10(18)8(7)12/h5-6H,1-4H3,(H,15,17)(H2,14,16,18). The van der Waals surface area contributed by atoms with Crippen LogP contribution in [0, 0.1) is 0 Å². The first-order chi connectivity index (χ1) is 8.20.